The lowest BCUT2D eigenvalue weighted by atomic mass is 9.79. The average molecular weight is 226 g/mol. The fourth-order valence-corrected chi connectivity index (χ4v) is 1.94. The predicted molar refractivity (Wildman–Crippen MR) is 57.8 cm³/mol. The van der Waals surface area contributed by atoms with Gasteiger partial charge in [-0.15, -0.1) is 0 Å². The van der Waals surface area contributed by atoms with Crippen LogP contribution in [0.2, 0.25) is 0 Å². The fraction of sp³-hybridized carbons (Fsp3) is 0.750. The summed E-state index contributed by atoms with van der Waals surface area (Å²) in [6.07, 6.45) is 1.94. The number of hydrogen-bond donors (Lipinski definition) is 0. The van der Waals surface area contributed by atoms with E-state index < -0.39 is 11.9 Å². The second-order valence-electron chi connectivity index (χ2n) is 4.36. The van der Waals surface area contributed by atoms with E-state index in [1.54, 1.807) is 6.92 Å². The number of esters is 1. The van der Waals surface area contributed by atoms with Crippen LogP contribution in [0.5, 0.6) is 0 Å². The molecule has 0 bridgehead atoms. The molecule has 0 aromatic heterocycles. The number of ether oxygens (including phenoxy) is 1. The smallest absolute Gasteiger partial charge is 0.316 e. The minimum atomic E-state index is -0.727. The van der Waals surface area contributed by atoms with Crippen LogP contribution < -0.4 is 0 Å². The summed E-state index contributed by atoms with van der Waals surface area (Å²) in [7, 11) is 0. The fourth-order valence-electron chi connectivity index (χ4n) is 1.94. The zero-order valence-electron chi connectivity index (χ0n) is 9.82. The maximum atomic E-state index is 11.6. The minimum Gasteiger partial charge on any atom is -0.465 e. The summed E-state index contributed by atoms with van der Waals surface area (Å²) in [6, 6.07) is 0. The molecule has 0 amide bonds. The molecule has 2 unspecified atom stereocenters. The summed E-state index contributed by atoms with van der Waals surface area (Å²) in [5.41, 5.74) is 0. The van der Waals surface area contributed by atoms with E-state index in [1.165, 1.54) is 0 Å². The molecule has 90 valence electrons. The summed E-state index contributed by atoms with van der Waals surface area (Å²) < 4.78 is 5.03. The number of hydrogen-bond acceptors (Lipinski definition) is 4. The molecule has 16 heavy (non-hydrogen) atoms. The van der Waals surface area contributed by atoms with Crippen molar-refractivity contribution in [2.45, 2.75) is 39.5 Å². The van der Waals surface area contributed by atoms with Gasteiger partial charge in [0.15, 0.2) is 5.78 Å². The summed E-state index contributed by atoms with van der Waals surface area (Å²) >= 11 is 0. The lowest BCUT2D eigenvalue weighted by Gasteiger charge is -2.24. The third kappa shape index (κ3) is 3.15. The Balaban J connectivity index is 2.53. The molecular weight excluding hydrogens is 208 g/mol. The van der Waals surface area contributed by atoms with Crippen LogP contribution in [0.4, 0.5) is 0 Å². The lowest BCUT2D eigenvalue weighted by Crippen LogP contribution is -2.38. The molecule has 0 aromatic carbocycles. The second kappa shape index (κ2) is 5.77. The van der Waals surface area contributed by atoms with Gasteiger partial charge in [-0.1, -0.05) is 20.3 Å². The first-order chi connectivity index (χ1) is 7.56. The first kappa shape index (κ1) is 12.9. The standard InChI is InChI=1S/C12H18O4/c1-3-4-5-16-12(15)11-8(2)6-9(13)7-10(11)14/h8,11H,3-7H2,1-2H3. The number of unbranched alkanes of at least 4 members (excludes halogenated alkanes) is 1. The van der Waals surface area contributed by atoms with Crippen molar-refractivity contribution in [3.8, 4) is 0 Å². The van der Waals surface area contributed by atoms with E-state index in [0.717, 1.165) is 12.8 Å². The van der Waals surface area contributed by atoms with Crippen LogP contribution in [0.15, 0.2) is 0 Å². The quantitative estimate of drug-likeness (QED) is 0.414. The van der Waals surface area contributed by atoms with E-state index in [1.807, 2.05) is 6.92 Å². The molecule has 1 aliphatic rings. The van der Waals surface area contributed by atoms with Crippen LogP contribution in [0, 0.1) is 11.8 Å². The van der Waals surface area contributed by atoms with E-state index in [-0.39, 0.29) is 23.9 Å². The van der Waals surface area contributed by atoms with Gasteiger partial charge in [0.05, 0.1) is 13.0 Å². The van der Waals surface area contributed by atoms with Gasteiger partial charge in [0.1, 0.15) is 11.7 Å². The van der Waals surface area contributed by atoms with Crippen molar-refractivity contribution >= 4 is 17.5 Å². The average Bonchev–Trinajstić information content (AvgIpc) is 2.16. The van der Waals surface area contributed by atoms with Gasteiger partial charge in [0.2, 0.25) is 0 Å². The number of rotatable bonds is 4. The highest BCUT2D eigenvalue weighted by Gasteiger charge is 2.39. The van der Waals surface area contributed by atoms with E-state index in [0.29, 0.717) is 13.0 Å². The summed E-state index contributed by atoms with van der Waals surface area (Å²) in [5.74, 6) is -1.77. The molecule has 4 heteroatoms. The zero-order valence-corrected chi connectivity index (χ0v) is 9.82. The Morgan fingerprint density at radius 2 is 2.12 bits per heavy atom. The largest absolute Gasteiger partial charge is 0.465 e. The lowest BCUT2D eigenvalue weighted by molar-refractivity contribution is -0.156. The SMILES string of the molecule is CCCCOC(=O)C1C(=O)CC(=O)CC1C. The Labute approximate surface area is 95.3 Å². The molecule has 0 saturated heterocycles. The molecule has 0 radical (unpaired) electrons. The van der Waals surface area contributed by atoms with Crippen LogP contribution in [0.3, 0.4) is 0 Å². The maximum absolute atomic E-state index is 11.6. The first-order valence-corrected chi connectivity index (χ1v) is 5.77. The highest BCUT2D eigenvalue weighted by atomic mass is 16.5. The number of carbonyl (C=O) groups excluding carboxylic acids is 3. The van der Waals surface area contributed by atoms with Gasteiger partial charge < -0.3 is 4.74 Å². The molecular formula is C12H18O4. The molecule has 1 rings (SSSR count). The van der Waals surface area contributed by atoms with Gasteiger partial charge in [-0.3, -0.25) is 14.4 Å². The normalized spacial score (nSPS) is 25.6. The Morgan fingerprint density at radius 1 is 1.44 bits per heavy atom. The first-order valence-electron chi connectivity index (χ1n) is 5.77. The van der Waals surface area contributed by atoms with Crippen LogP contribution in [-0.2, 0) is 19.1 Å². The van der Waals surface area contributed by atoms with E-state index >= 15 is 0 Å². The number of carbonyl (C=O) groups is 3. The van der Waals surface area contributed by atoms with Crippen LogP contribution in [0.1, 0.15) is 39.5 Å². The third-order valence-electron chi connectivity index (χ3n) is 2.83. The molecule has 1 saturated carbocycles. The van der Waals surface area contributed by atoms with Gasteiger partial charge in [-0.05, 0) is 12.3 Å². The minimum absolute atomic E-state index is 0.0740. The molecule has 0 aromatic rings. The van der Waals surface area contributed by atoms with Gasteiger partial charge in [-0.25, -0.2) is 0 Å². The summed E-state index contributed by atoms with van der Waals surface area (Å²) in [4.78, 5) is 34.4. The third-order valence-corrected chi connectivity index (χ3v) is 2.83. The van der Waals surface area contributed by atoms with E-state index in [2.05, 4.69) is 0 Å². The molecule has 2 atom stereocenters. The van der Waals surface area contributed by atoms with Crippen LogP contribution >= 0.6 is 0 Å². The van der Waals surface area contributed by atoms with Crippen molar-refractivity contribution in [2.24, 2.45) is 11.8 Å². The van der Waals surface area contributed by atoms with Gasteiger partial charge in [0, 0.05) is 6.42 Å². The van der Waals surface area contributed by atoms with Gasteiger partial charge >= 0.3 is 5.97 Å². The molecule has 4 nitrogen and oxygen atoms in total. The van der Waals surface area contributed by atoms with Crippen molar-refractivity contribution in [3.05, 3.63) is 0 Å². The molecule has 0 spiro atoms. The Morgan fingerprint density at radius 3 is 2.69 bits per heavy atom. The van der Waals surface area contributed by atoms with Crippen molar-refractivity contribution in [2.75, 3.05) is 6.61 Å². The zero-order chi connectivity index (χ0) is 12.1. The molecule has 0 aliphatic heterocycles. The molecule has 1 fully saturated rings. The maximum Gasteiger partial charge on any atom is 0.316 e. The van der Waals surface area contributed by atoms with Gasteiger partial charge in [0.25, 0.3) is 0 Å². The van der Waals surface area contributed by atoms with E-state index in [4.69, 9.17) is 4.74 Å². The van der Waals surface area contributed by atoms with Gasteiger partial charge in [-0.2, -0.15) is 0 Å². The molecule has 0 heterocycles. The second-order valence-corrected chi connectivity index (χ2v) is 4.36. The Bertz CT molecular complexity index is 295. The van der Waals surface area contributed by atoms with Crippen LogP contribution in [-0.4, -0.2) is 24.1 Å². The van der Waals surface area contributed by atoms with E-state index in [9.17, 15) is 14.4 Å². The summed E-state index contributed by atoms with van der Waals surface area (Å²) in [6.45, 7) is 4.11. The van der Waals surface area contributed by atoms with Crippen molar-refractivity contribution in [3.63, 3.8) is 0 Å². The van der Waals surface area contributed by atoms with Crippen molar-refractivity contribution < 1.29 is 19.1 Å². The van der Waals surface area contributed by atoms with Crippen molar-refractivity contribution in [1.29, 1.82) is 0 Å². The predicted octanol–water partition coefficient (Wildman–Crippen LogP) is 1.51. The highest BCUT2D eigenvalue weighted by molar-refractivity contribution is 6.10. The Kier molecular flexibility index (Phi) is 4.65. The molecule has 0 N–H and O–H groups in total. The van der Waals surface area contributed by atoms with Crippen LogP contribution in [0.25, 0.3) is 0 Å². The number of Topliss-reactive ketones (excluding diaryl/α,β-unsaturated/α-hetero) is 2. The van der Waals surface area contributed by atoms with Crippen molar-refractivity contribution in [1.82, 2.24) is 0 Å². The topological polar surface area (TPSA) is 60.4 Å². The molecule has 1 aliphatic carbocycles. The highest BCUT2D eigenvalue weighted by Crippen LogP contribution is 2.26. The Hall–Kier alpha value is -1.19. The summed E-state index contributed by atoms with van der Waals surface area (Å²) in [5, 5.41) is 0. The number of ketones is 2. The monoisotopic (exact) mass is 226 g/mol.